The summed E-state index contributed by atoms with van der Waals surface area (Å²) in [4.78, 5) is 39.7. The molecule has 0 aliphatic rings. The van der Waals surface area contributed by atoms with Crippen LogP contribution in [0.5, 0.6) is 0 Å². The van der Waals surface area contributed by atoms with Gasteiger partial charge < -0.3 is 9.68 Å². The van der Waals surface area contributed by atoms with Crippen LogP contribution in [0.15, 0.2) is 0 Å². The molecule has 18 heavy (non-hydrogen) atoms. The van der Waals surface area contributed by atoms with Crippen molar-refractivity contribution in [1.29, 1.82) is 0 Å². The van der Waals surface area contributed by atoms with E-state index in [1.165, 1.54) is 0 Å². The Balaban J connectivity index is 4.03. The normalized spacial score (nSPS) is 11.9. The highest BCUT2D eigenvalue weighted by molar-refractivity contribution is 5.80. The van der Waals surface area contributed by atoms with Crippen molar-refractivity contribution in [3.05, 3.63) is 20.2 Å². The van der Waals surface area contributed by atoms with E-state index in [0.717, 1.165) is 0 Å². The molecule has 0 bridgehead atoms. The molecule has 9 heteroatoms. The Hall–Kier alpha value is -1.93. The highest BCUT2D eigenvalue weighted by Gasteiger charge is 2.16. The monoisotopic (exact) mass is 264 g/mol. The Labute approximate surface area is 103 Å². The van der Waals surface area contributed by atoms with Gasteiger partial charge in [0.05, 0.1) is 0 Å². The molecule has 0 aliphatic heterocycles. The van der Waals surface area contributed by atoms with Crippen LogP contribution in [-0.4, -0.2) is 28.7 Å². The predicted octanol–water partition coefficient (Wildman–Crippen LogP) is 1.17. The second kappa shape index (κ2) is 8.20. The number of ketones is 1. The van der Waals surface area contributed by atoms with Crippen LogP contribution in [0.2, 0.25) is 0 Å². The molecule has 0 aromatic carbocycles. The quantitative estimate of drug-likeness (QED) is 0.428. The summed E-state index contributed by atoms with van der Waals surface area (Å²) in [5, 5.41) is 18.0. The minimum atomic E-state index is -1.05. The first-order valence-corrected chi connectivity index (χ1v) is 5.44. The van der Waals surface area contributed by atoms with E-state index in [1.54, 1.807) is 13.8 Å². The summed E-state index contributed by atoms with van der Waals surface area (Å²) < 4.78 is 0. The van der Waals surface area contributed by atoms with Gasteiger partial charge in [-0.15, -0.1) is 20.2 Å². The van der Waals surface area contributed by atoms with Crippen LogP contribution in [0.25, 0.3) is 0 Å². The van der Waals surface area contributed by atoms with Gasteiger partial charge in [0.1, 0.15) is 18.5 Å². The van der Waals surface area contributed by atoms with Gasteiger partial charge >= 0.3 is 0 Å². The molecule has 0 saturated carbocycles. The molecule has 0 N–H and O–H groups in total. The van der Waals surface area contributed by atoms with Crippen LogP contribution in [0.1, 0.15) is 33.1 Å². The van der Waals surface area contributed by atoms with Crippen molar-refractivity contribution in [2.75, 3.05) is 6.61 Å². The smallest absolute Gasteiger partial charge is 0.294 e. The summed E-state index contributed by atoms with van der Waals surface area (Å²) in [5.41, 5.74) is 0. The zero-order valence-corrected chi connectivity index (χ0v) is 10.2. The third-order valence-corrected chi connectivity index (χ3v) is 2.19. The third kappa shape index (κ3) is 8.25. The lowest BCUT2D eigenvalue weighted by Crippen LogP contribution is -2.25. The van der Waals surface area contributed by atoms with Gasteiger partial charge in [0.25, 0.3) is 10.2 Å². The summed E-state index contributed by atoms with van der Waals surface area (Å²) in [6.07, 6.45) is -0.275. The fourth-order valence-corrected chi connectivity index (χ4v) is 1.22. The molecule has 0 saturated heterocycles. The molecule has 9 nitrogen and oxygen atoms in total. The van der Waals surface area contributed by atoms with E-state index < -0.39 is 22.9 Å². The molecule has 0 fully saturated rings. The molecule has 0 aromatic heterocycles. The van der Waals surface area contributed by atoms with Gasteiger partial charge in [-0.25, -0.2) is 0 Å². The third-order valence-electron chi connectivity index (χ3n) is 2.19. The van der Waals surface area contributed by atoms with Crippen molar-refractivity contribution < 1.29 is 24.6 Å². The maximum absolute atomic E-state index is 11.3. The minimum absolute atomic E-state index is 0.0325. The van der Waals surface area contributed by atoms with Gasteiger partial charge in [-0.2, -0.15) is 0 Å². The average molecular weight is 264 g/mol. The zero-order chi connectivity index (χ0) is 14.1. The summed E-state index contributed by atoms with van der Waals surface area (Å²) in [5.74, 6) is -0.0695. The van der Waals surface area contributed by atoms with Gasteiger partial charge in [0.2, 0.25) is 0 Å². The standard InChI is InChI=1S/C9H16N2O7/c1-7(2)9(12)5-3-4-8(18-11(15)16)6-17-10(13)14/h7-8H,3-6H2,1-2H3/t8-/m0/s1. The van der Waals surface area contributed by atoms with E-state index in [2.05, 4.69) is 9.68 Å². The van der Waals surface area contributed by atoms with E-state index in [4.69, 9.17) is 0 Å². The number of carbonyl (C=O) groups excluding carboxylic acids is 1. The molecule has 0 unspecified atom stereocenters. The molecular formula is C9H16N2O7. The van der Waals surface area contributed by atoms with Crippen LogP contribution in [0, 0.1) is 26.1 Å². The maximum Gasteiger partial charge on any atom is 0.294 e. The predicted molar refractivity (Wildman–Crippen MR) is 58.5 cm³/mol. The van der Waals surface area contributed by atoms with Crippen molar-refractivity contribution in [3.8, 4) is 0 Å². The van der Waals surface area contributed by atoms with Crippen LogP contribution in [0.4, 0.5) is 0 Å². The molecule has 1 atom stereocenters. The number of hydrogen-bond donors (Lipinski definition) is 0. The Morgan fingerprint density at radius 2 is 1.83 bits per heavy atom. The molecule has 0 rings (SSSR count). The van der Waals surface area contributed by atoms with Crippen LogP contribution in [-0.2, 0) is 14.5 Å². The maximum atomic E-state index is 11.3. The summed E-state index contributed by atoms with van der Waals surface area (Å²) >= 11 is 0. The molecule has 0 heterocycles. The number of carbonyl (C=O) groups is 1. The van der Waals surface area contributed by atoms with Gasteiger partial charge in [-0.3, -0.25) is 4.79 Å². The fraction of sp³-hybridized carbons (Fsp3) is 0.889. The fourth-order valence-electron chi connectivity index (χ4n) is 1.22. The average Bonchev–Trinajstić information content (AvgIpc) is 2.24. The number of Topliss-reactive ketones (excluding diaryl/α,β-unsaturated/α-hetero) is 1. The largest absolute Gasteiger partial charge is 0.312 e. The van der Waals surface area contributed by atoms with E-state index in [1.807, 2.05) is 0 Å². The van der Waals surface area contributed by atoms with Crippen molar-refractivity contribution in [1.82, 2.24) is 0 Å². The Morgan fingerprint density at radius 3 is 2.28 bits per heavy atom. The molecule has 0 radical (unpaired) electrons. The second-order valence-corrected chi connectivity index (χ2v) is 3.98. The minimum Gasteiger partial charge on any atom is -0.312 e. The summed E-state index contributed by atoms with van der Waals surface area (Å²) in [6.45, 7) is 2.98. The lowest BCUT2D eigenvalue weighted by molar-refractivity contribution is -0.790. The SMILES string of the molecule is CC(C)C(=O)CCC[C@@H](CO[N+](=O)[O-])O[N+](=O)[O-]. The van der Waals surface area contributed by atoms with Crippen molar-refractivity contribution >= 4 is 5.78 Å². The summed E-state index contributed by atoms with van der Waals surface area (Å²) in [6, 6.07) is 0. The van der Waals surface area contributed by atoms with Crippen molar-refractivity contribution in [3.63, 3.8) is 0 Å². The lowest BCUT2D eigenvalue weighted by atomic mass is 10.0. The molecule has 0 amide bonds. The van der Waals surface area contributed by atoms with Crippen molar-refractivity contribution in [2.24, 2.45) is 5.92 Å². The molecule has 0 aromatic rings. The van der Waals surface area contributed by atoms with Gasteiger partial charge in [-0.05, 0) is 12.8 Å². The Bertz CT molecular complexity index is 305. The van der Waals surface area contributed by atoms with E-state index in [9.17, 15) is 25.0 Å². The second-order valence-electron chi connectivity index (χ2n) is 3.98. The Morgan fingerprint density at radius 1 is 1.22 bits per heavy atom. The molecular weight excluding hydrogens is 248 g/mol. The number of hydrogen-bond acceptors (Lipinski definition) is 7. The molecule has 104 valence electrons. The number of rotatable bonds is 10. The van der Waals surface area contributed by atoms with Gasteiger partial charge in [0, 0.05) is 12.3 Å². The summed E-state index contributed by atoms with van der Waals surface area (Å²) in [7, 11) is 0. The van der Waals surface area contributed by atoms with E-state index in [0.29, 0.717) is 6.42 Å². The van der Waals surface area contributed by atoms with Gasteiger partial charge in [-0.1, -0.05) is 13.8 Å². The highest BCUT2D eigenvalue weighted by Crippen LogP contribution is 2.09. The first kappa shape index (κ1) is 16.1. The first-order chi connectivity index (χ1) is 8.32. The van der Waals surface area contributed by atoms with Crippen LogP contribution >= 0.6 is 0 Å². The van der Waals surface area contributed by atoms with Crippen LogP contribution < -0.4 is 0 Å². The lowest BCUT2D eigenvalue weighted by Gasteiger charge is -2.13. The van der Waals surface area contributed by atoms with Crippen molar-refractivity contribution in [2.45, 2.75) is 39.2 Å². The van der Waals surface area contributed by atoms with E-state index in [-0.39, 0.29) is 24.5 Å². The topological polar surface area (TPSA) is 122 Å². The van der Waals surface area contributed by atoms with Crippen LogP contribution in [0.3, 0.4) is 0 Å². The first-order valence-electron chi connectivity index (χ1n) is 5.44. The number of nitrogens with zero attached hydrogens (tertiary/aromatic N) is 2. The Kier molecular flexibility index (Phi) is 7.32. The van der Waals surface area contributed by atoms with E-state index >= 15 is 0 Å². The van der Waals surface area contributed by atoms with Gasteiger partial charge in [0.15, 0.2) is 0 Å². The zero-order valence-electron chi connectivity index (χ0n) is 10.2. The highest BCUT2D eigenvalue weighted by atomic mass is 17.0. The molecule has 0 aliphatic carbocycles. The molecule has 0 spiro atoms.